The second-order valence-electron chi connectivity index (χ2n) is 4.41. The molecule has 1 aromatic rings. The molecule has 1 fully saturated rings. The molecular weight excluding hydrogens is 219 g/mol. The normalized spacial score (nSPS) is 21.4. The van der Waals surface area contributed by atoms with E-state index in [-0.39, 0.29) is 6.04 Å². The molecule has 1 saturated heterocycles. The van der Waals surface area contributed by atoms with Gasteiger partial charge < -0.3 is 10.1 Å². The monoisotopic (exact) mass is 238 g/mol. The summed E-state index contributed by atoms with van der Waals surface area (Å²) >= 11 is 0. The molecular formula is C13H19FN2O. The van der Waals surface area contributed by atoms with E-state index in [1.54, 1.807) is 18.5 Å². The average Bonchev–Trinajstić information content (AvgIpc) is 2.89. The Morgan fingerprint density at radius 3 is 3.18 bits per heavy atom. The number of pyridine rings is 1. The van der Waals surface area contributed by atoms with Crippen LogP contribution in [0.3, 0.4) is 0 Å². The Morgan fingerprint density at radius 2 is 2.47 bits per heavy atom. The highest BCUT2D eigenvalue weighted by Crippen LogP contribution is 2.28. The lowest BCUT2D eigenvalue weighted by atomic mass is 10.0. The van der Waals surface area contributed by atoms with Crippen molar-refractivity contribution < 1.29 is 9.13 Å². The highest BCUT2D eigenvalue weighted by molar-refractivity contribution is 5.26. The second-order valence-corrected chi connectivity index (χ2v) is 4.41. The number of hydrogen-bond acceptors (Lipinski definition) is 3. The van der Waals surface area contributed by atoms with Crippen molar-refractivity contribution in [1.29, 1.82) is 0 Å². The molecule has 0 bridgehead atoms. The van der Waals surface area contributed by atoms with Crippen molar-refractivity contribution in [2.24, 2.45) is 0 Å². The zero-order valence-electron chi connectivity index (χ0n) is 10.2. The number of alkyl halides is 1. The lowest BCUT2D eigenvalue weighted by Crippen LogP contribution is -2.26. The van der Waals surface area contributed by atoms with Crippen molar-refractivity contribution in [1.82, 2.24) is 10.3 Å². The van der Waals surface area contributed by atoms with Crippen LogP contribution in [0, 0.1) is 0 Å². The molecule has 0 amide bonds. The Hall–Kier alpha value is -1.16. The van der Waals surface area contributed by atoms with Gasteiger partial charge in [0, 0.05) is 17.8 Å². The second kappa shape index (κ2) is 5.96. The van der Waals surface area contributed by atoms with Gasteiger partial charge in [0.2, 0.25) is 0 Å². The molecule has 4 heteroatoms. The molecule has 1 aliphatic heterocycles. The molecule has 1 aromatic heterocycles. The molecule has 0 radical (unpaired) electrons. The first-order valence-corrected chi connectivity index (χ1v) is 6.26. The summed E-state index contributed by atoms with van der Waals surface area (Å²) in [5, 5.41) is 3.17. The minimum atomic E-state index is -0.991. The summed E-state index contributed by atoms with van der Waals surface area (Å²) in [4.78, 5) is 4.04. The smallest absolute Gasteiger partial charge is 0.142 e. The van der Waals surface area contributed by atoms with E-state index in [1.807, 2.05) is 6.92 Å². The quantitative estimate of drug-likeness (QED) is 0.856. The Morgan fingerprint density at radius 1 is 1.59 bits per heavy atom. The molecule has 17 heavy (non-hydrogen) atoms. The van der Waals surface area contributed by atoms with Gasteiger partial charge in [0.05, 0.1) is 12.8 Å². The largest absolute Gasteiger partial charge is 0.492 e. The van der Waals surface area contributed by atoms with Gasteiger partial charge in [-0.2, -0.15) is 0 Å². The first-order valence-electron chi connectivity index (χ1n) is 6.26. The molecule has 3 nitrogen and oxygen atoms in total. The predicted molar refractivity (Wildman–Crippen MR) is 64.9 cm³/mol. The fourth-order valence-corrected chi connectivity index (χ4v) is 2.08. The number of nitrogens with zero attached hydrogens (tertiary/aromatic N) is 1. The molecule has 2 atom stereocenters. The third kappa shape index (κ3) is 3.16. The van der Waals surface area contributed by atoms with Crippen LogP contribution in [0.4, 0.5) is 4.39 Å². The van der Waals surface area contributed by atoms with E-state index in [1.165, 1.54) is 0 Å². The number of ether oxygens (including phenoxy) is 1. The number of rotatable bonds is 5. The first kappa shape index (κ1) is 12.3. The van der Waals surface area contributed by atoms with Crippen LogP contribution in [0.15, 0.2) is 18.5 Å². The van der Waals surface area contributed by atoms with Crippen LogP contribution in [0.25, 0.3) is 0 Å². The summed E-state index contributed by atoms with van der Waals surface area (Å²) in [6, 6.07) is 1.69. The average molecular weight is 238 g/mol. The van der Waals surface area contributed by atoms with Gasteiger partial charge in [-0.25, -0.2) is 4.39 Å². The fourth-order valence-electron chi connectivity index (χ4n) is 2.08. The van der Waals surface area contributed by atoms with Crippen molar-refractivity contribution in [3.63, 3.8) is 0 Å². The van der Waals surface area contributed by atoms with Gasteiger partial charge in [0.15, 0.2) is 0 Å². The summed E-state index contributed by atoms with van der Waals surface area (Å²) in [6.45, 7) is 3.59. The van der Waals surface area contributed by atoms with Gasteiger partial charge in [-0.3, -0.25) is 4.98 Å². The van der Waals surface area contributed by atoms with E-state index >= 15 is 0 Å². The fraction of sp³-hybridized carbons (Fsp3) is 0.615. The van der Waals surface area contributed by atoms with Crippen molar-refractivity contribution >= 4 is 0 Å². The van der Waals surface area contributed by atoms with Crippen LogP contribution in [-0.2, 0) is 0 Å². The summed E-state index contributed by atoms with van der Waals surface area (Å²) in [5.74, 6) is 0.657. The van der Waals surface area contributed by atoms with Gasteiger partial charge >= 0.3 is 0 Å². The third-order valence-electron chi connectivity index (χ3n) is 2.98. The lowest BCUT2D eigenvalue weighted by molar-refractivity contribution is 0.267. The van der Waals surface area contributed by atoms with E-state index in [0.717, 1.165) is 25.8 Å². The Kier molecular flexibility index (Phi) is 4.31. The standard InChI is InChI=1S/C13H19FN2O/c1-2-6-17-11-7-10(8-15-9-11)13(14)12-4-3-5-16-12/h7-9,12-13,16H,2-6H2,1H3. The number of aromatic nitrogens is 1. The van der Waals surface area contributed by atoms with Crippen LogP contribution in [-0.4, -0.2) is 24.2 Å². The topological polar surface area (TPSA) is 34.1 Å². The Balaban J connectivity index is 2.03. The molecule has 2 heterocycles. The molecule has 94 valence electrons. The molecule has 2 rings (SSSR count). The first-order chi connectivity index (χ1) is 8.31. The maximum atomic E-state index is 14.2. The summed E-state index contributed by atoms with van der Waals surface area (Å²) in [6.07, 6.45) is 5.10. The van der Waals surface area contributed by atoms with Crippen molar-refractivity contribution in [2.45, 2.75) is 38.4 Å². The van der Waals surface area contributed by atoms with E-state index in [0.29, 0.717) is 17.9 Å². The molecule has 2 unspecified atom stereocenters. The van der Waals surface area contributed by atoms with E-state index < -0.39 is 6.17 Å². The molecule has 1 N–H and O–H groups in total. The van der Waals surface area contributed by atoms with Crippen molar-refractivity contribution in [3.05, 3.63) is 24.0 Å². The minimum absolute atomic E-state index is 0.0711. The van der Waals surface area contributed by atoms with E-state index in [4.69, 9.17) is 4.74 Å². The van der Waals surface area contributed by atoms with Gasteiger partial charge in [-0.05, 0) is 31.9 Å². The molecule has 0 aliphatic carbocycles. The number of hydrogen-bond donors (Lipinski definition) is 1. The van der Waals surface area contributed by atoms with Crippen LogP contribution in [0.1, 0.15) is 37.9 Å². The highest BCUT2D eigenvalue weighted by Gasteiger charge is 2.26. The zero-order valence-corrected chi connectivity index (χ0v) is 10.2. The molecule has 0 spiro atoms. The van der Waals surface area contributed by atoms with Gasteiger partial charge in [0.1, 0.15) is 11.9 Å². The Labute approximate surface area is 101 Å². The van der Waals surface area contributed by atoms with Crippen LogP contribution in [0.5, 0.6) is 5.75 Å². The molecule has 0 aromatic carbocycles. The number of halogens is 1. The summed E-state index contributed by atoms with van der Waals surface area (Å²) in [5.41, 5.74) is 0.609. The van der Waals surface area contributed by atoms with Crippen LogP contribution >= 0.6 is 0 Å². The van der Waals surface area contributed by atoms with Gasteiger partial charge in [-0.1, -0.05) is 6.92 Å². The van der Waals surface area contributed by atoms with Crippen molar-refractivity contribution in [2.75, 3.05) is 13.2 Å². The highest BCUT2D eigenvalue weighted by atomic mass is 19.1. The lowest BCUT2D eigenvalue weighted by Gasteiger charge is -2.16. The van der Waals surface area contributed by atoms with Gasteiger partial charge in [0.25, 0.3) is 0 Å². The van der Waals surface area contributed by atoms with Crippen LogP contribution < -0.4 is 10.1 Å². The SMILES string of the molecule is CCCOc1cncc(C(F)C2CCCN2)c1. The van der Waals surface area contributed by atoms with Crippen LogP contribution in [0.2, 0.25) is 0 Å². The maximum absolute atomic E-state index is 14.2. The third-order valence-corrected chi connectivity index (χ3v) is 2.98. The predicted octanol–water partition coefficient (Wildman–Crippen LogP) is 2.63. The van der Waals surface area contributed by atoms with E-state index in [9.17, 15) is 4.39 Å². The maximum Gasteiger partial charge on any atom is 0.142 e. The Bertz CT molecular complexity index is 353. The summed E-state index contributed by atoms with van der Waals surface area (Å²) < 4.78 is 19.6. The summed E-state index contributed by atoms with van der Waals surface area (Å²) in [7, 11) is 0. The zero-order chi connectivity index (χ0) is 12.1. The molecule has 0 saturated carbocycles. The van der Waals surface area contributed by atoms with E-state index in [2.05, 4.69) is 10.3 Å². The van der Waals surface area contributed by atoms with Crippen molar-refractivity contribution in [3.8, 4) is 5.75 Å². The number of nitrogens with one attached hydrogen (secondary N) is 1. The minimum Gasteiger partial charge on any atom is -0.492 e. The van der Waals surface area contributed by atoms with Gasteiger partial charge in [-0.15, -0.1) is 0 Å². The molecule has 1 aliphatic rings.